The van der Waals surface area contributed by atoms with Crippen molar-refractivity contribution >= 4 is 17.6 Å². The number of hydrogen-bond acceptors (Lipinski definition) is 2. The summed E-state index contributed by atoms with van der Waals surface area (Å²) in [4.78, 5) is 12.2. The minimum absolute atomic E-state index is 0.0408. The average Bonchev–Trinajstić information content (AvgIpc) is 3.42. The lowest BCUT2D eigenvalue weighted by Crippen LogP contribution is -2.47. The fraction of sp³-hybridized carbons (Fsp3) is 0.611. The third kappa shape index (κ3) is 3.81. The van der Waals surface area contributed by atoms with Gasteiger partial charge >= 0.3 is 6.03 Å². The molecule has 2 saturated carbocycles. The maximum Gasteiger partial charge on any atom is 0.315 e. The second-order valence-electron chi connectivity index (χ2n) is 7.09. The highest BCUT2D eigenvalue weighted by Gasteiger charge is 2.40. The summed E-state index contributed by atoms with van der Waals surface area (Å²) in [5.74, 6) is 1.13. The van der Waals surface area contributed by atoms with Gasteiger partial charge in [0.1, 0.15) is 0 Å². The highest BCUT2D eigenvalue weighted by Crippen LogP contribution is 2.41. The first-order valence-electron chi connectivity index (χ1n) is 8.63. The predicted octanol–water partition coefficient (Wildman–Crippen LogP) is 3.45. The van der Waals surface area contributed by atoms with Gasteiger partial charge in [-0.1, -0.05) is 23.7 Å². The van der Waals surface area contributed by atoms with E-state index >= 15 is 0 Å². The van der Waals surface area contributed by atoms with Crippen molar-refractivity contribution in [3.05, 3.63) is 34.9 Å². The van der Waals surface area contributed by atoms with Gasteiger partial charge in [-0.2, -0.15) is 0 Å². The van der Waals surface area contributed by atoms with E-state index in [0.29, 0.717) is 12.0 Å². The fourth-order valence-corrected chi connectivity index (χ4v) is 3.81. The van der Waals surface area contributed by atoms with Crippen LogP contribution >= 0.6 is 11.6 Å². The molecule has 0 spiro atoms. The molecule has 4 rings (SSSR count). The number of nitrogens with one attached hydrogen (secondary N) is 2. The number of rotatable bonds is 4. The molecule has 1 aliphatic heterocycles. The third-order valence-electron chi connectivity index (χ3n) is 5.18. The van der Waals surface area contributed by atoms with E-state index in [9.17, 15) is 4.79 Å². The molecule has 0 radical (unpaired) electrons. The fourth-order valence-electron chi connectivity index (χ4n) is 3.61. The van der Waals surface area contributed by atoms with Gasteiger partial charge in [0.05, 0.1) is 6.10 Å². The quantitative estimate of drug-likeness (QED) is 0.886. The standard InChI is InChI=1S/C18H23ClN2O2/c19-13-3-1-2-12(8-13)15-10-16(15)21-18(22)20-14-6-7-23-17(9-14)11-4-5-11/h1-3,8,11,14-17H,4-7,9-10H2,(H2,20,21,22)/t14-,15+,16+,17+/m1/s1. The Morgan fingerprint density at radius 1 is 1.17 bits per heavy atom. The van der Waals surface area contributed by atoms with Crippen LogP contribution in [-0.2, 0) is 4.74 Å². The van der Waals surface area contributed by atoms with Crippen LogP contribution in [0.1, 0.15) is 43.6 Å². The topological polar surface area (TPSA) is 50.4 Å². The molecule has 0 aromatic heterocycles. The van der Waals surface area contributed by atoms with Gasteiger partial charge in [0.15, 0.2) is 0 Å². The molecule has 23 heavy (non-hydrogen) atoms. The van der Waals surface area contributed by atoms with E-state index in [-0.39, 0.29) is 18.1 Å². The lowest BCUT2D eigenvalue weighted by atomic mass is 10.0. The van der Waals surface area contributed by atoms with Crippen molar-refractivity contribution in [2.45, 2.75) is 56.2 Å². The Labute approximate surface area is 141 Å². The van der Waals surface area contributed by atoms with Gasteiger partial charge < -0.3 is 15.4 Å². The summed E-state index contributed by atoms with van der Waals surface area (Å²) in [5, 5.41) is 6.98. The number of halogens is 1. The van der Waals surface area contributed by atoms with E-state index in [4.69, 9.17) is 16.3 Å². The third-order valence-corrected chi connectivity index (χ3v) is 5.42. The Morgan fingerprint density at radius 2 is 2.04 bits per heavy atom. The van der Waals surface area contributed by atoms with Crippen molar-refractivity contribution in [1.29, 1.82) is 0 Å². The minimum atomic E-state index is -0.0408. The van der Waals surface area contributed by atoms with Crippen molar-refractivity contribution < 1.29 is 9.53 Å². The second-order valence-corrected chi connectivity index (χ2v) is 7.53. The largest absolute Gasteiger partial charge is 0.378 e. The van der Waals surface area contributed by atoms with Gasteiger partial charge in [0.25, 0.3) is 0 Å². The van der Waals surface area contributed by atoms with Crippen molar-refractivity contribution in [3.8, 4) is 0 Å². The molecule has 4 atom stereocenters. The zero-order chi connectivity index (χ0) is 15.8. The van der Waals surface area contributed by atoms with Gasteiger partial charge in [-0.3, -0.25) is 0 Å². The van der Waals surface area contributed by atoms with Crippen LogP contribution in [0, 0.1) is 5.92 Å². The maximum atomic E-state index is 12.2. The highest BCUT2D eigenvalue weighted by atomic mass is 35.5. The van der Waals surface area contributed by atoms with Gasteiger partial charge in [-0.05, 0) is 55.7 Å². The first-order chi connectivity index (χ1) is 11.2. The van der Waals surface area contributed by atoms with E-state index in [2.05, 4.69) is 16.7 Å². The first-order valence-corrected chi connectivity index (χ1v) is 9.01. The zero-order valence-electron chi connectivity index (χ0n) is 13.1. The summed E-state index contributed by atoms with van der Waals surface area (Å²) in [5.41, 5.74) is 1.21. The number of hydrogen-bond donors (Lipinski definition) is 2. The van der Waals surface area contributed by atoms with Crippen LogP contribution in [0.3, 0.4) is 0 Å². The normalized spacial score (nSPS) is 33.1. The van der Waals surface area contributed by atoms with Gasteiger partial charge in [0.2, 0.25) is 0 Å². The molecule has 5 heteroatoms. The van der Waals surface area contributed by atoms with Crippen molar-refractivity contribution in [2.75, 3.05) is 6.61 Å². The van der Waals surface area contributed by atoms with Crippen molar-refractivity contribution in [2.24, 2.45) is 5.92 Å². The van der Waals surface area contributed by atoms with Crippen LogP contribution in [0.25, 0.3) is 0 Å². The smallest absolute Gasteiger partial charge is 0.315 e. The predicted molar refractivity (Wildman–Crippen MR) is 89.8 cm³/mol. The molecule has 2 N–H and O–H groups in total. The molecule has 4 nitrogen and oxygen atoms in total. The van der Waals surface area contributed by atoms with Gasteiger partial charge in [-0.15, -0.1) is 0 Å². The molecule has 124 valence electrons. The molecule has 3 aliphatic rings. The van der Waals surface area contributed by atoms with E-state index < -0.39 is 0 Å². The van der Waals surface area contributed by atoms with E-state index in [0.717, 1.165) is 36.8 Å². The Kier molecular flexibility index (Phi) is 4.20. The van der Waals surface area contributed by atoms with Crippen LogP contribution < -0.4 is 10.6 Å². The molecule has 1 heterocycles. The Bertz CT molecular complexity index is 590. The Balaban J connectivity index is 1.24. The number of urea groups is 1. The molecule has 3 fully saturated rings. The summed E-state index contributed by atoms with van der Waals surface area (Å²) < 4.78 is 5.81. The molecular formula is C18H23ClN2O2. The lowest BCUT2D eigenvalue weighted by molar-refractivity contribution is -0.00914. The van der Waals surface area contributed by atoms with Crippen molar-refractivity contribution in [1.82, 2.24) is 10.6 Å². The molecule has 1 aromatic carbocycles. The number of amides is 2. The molecule has 1 aromatic rings. The van der Waals surface area contributed by atoms with Gasteiger partial charge in [0, 0.05) is 29.6 Å². The Morgan fingerprint density at radius 3 is 2.83 bits per heavy atom. The number of benzene rings is 1. The maximum absolute atomic E-state index is 12.2. The van der Waals surface area contributed by atoms with Crippen LogP contribution in [0.5, 0.6) is 0 Å². The zero-order valence-corrected chi connectivity index (χ0v) is 13.9. The monoisotopic (exact) mass is 334 g/mol. The summed E-state index contributed by atoms with van der Waals surface area (Å²) in [6, 6.07) is 8.35. The summed E-state index contributed by atoms with van der Waals surface area (Å²) in [6.07, 6.45) is 5.79. The van der Waals surface area contributed by atoms with Crippen LogP contribution in [0.4, 0.5) is 4.79 Å². The minimum Gasteiger partial charge on any atom is -0.378 e. The van der Waals surface area contributed by atoms with Crippen LogP contribution in [-0.4, -0.2) is 30.8 Å². The molecule has 1 saturated heterocycles. The molecule has 2 amide bonds. The average molecular weight is 335 g/mol. The summed E-state index contributed by atoms with van der Waals surface area (Å²) in [6.45, 7) is 0.765. The first kappa shape index (κ1) is 15.3. The van der Waals surface area contributed by atoms with Crippen LogP contribution in [0.2, 0.25) is 5.02 Å². The van der Waals surface area contributed by atoms with Crippen molar-refractivity contribution in [3.63, 3.8) is 0 Å². The molecular weight excluding hydrogens is 312 g/mol. The molecule has 0 unspecified atom stereocenters. The Hall–Kier alpha value is -1.26. The second kappa shape index (κ2) is 6.33. The molecule has 0 bridgehead atoms. The number of carbonyl (C=O) groups is 1. The van der Waals surface area contributed by atoms with E-state index in [1.807, 2.05) is 18.2 Å². The summed E-state index contributed by atoms with van der Waals surface area (Å²) >= 11 is 6.03. The van der Waals surface area contributed by atoms with Crippen LogP contribution in [0.15, 0.2) is 24.3 Å². The SMILES string of the molecule is O=C(N[C@@H]1CCO[C@H](C2CC2)C1)N[C@H]1C[C@H]1c1cccc(Cl)c1. The number of ether oxygens (including phenoxy) is 1. The summed E-state index contributed by atoms with van der Waals surface area (Å²) in [7, 11) is 0. The molecule has 2 aliphatic carbocycles. The number of carbonyl (C=O) groups excluding carboxylic acids is 1. The van der Waals surface area contributed by atoms with E-state index in [1.165, 1.54) is 18.4 Å². The van der Waals surface area contributed by atoms with Gasteiger partial charge in [-0.25, -0.2) is 4.79 Å². The van der Waals surface area contributed by atoms with E-state index in [1.54, 1.807) is 0 Å². The lowest BCUT2D eigenvalue weighted by Gasteiger charge is -2.30. The highest BCUT2D eigenvalue weighted by molar-refractivity contribution is 6.30.